The van der Waals surface area contributed by atoms with Crippen molar-refractivity contribution >= 4 is 17.5 Å². The van der Waals surface area contributed by atoms with E-state index in [1.807, 2.05) is 47.7 Å². The van der Waals surface area contributed by atoms with Crippen LogP contribution in [-0.4, -0.2) is 33.7 Å². The molecule has 2 aromatic rings. The summed E-state index contributed by atoms with van der Waals surface area (Å²) in [6.45, 7) is 5.57. The highest BCUT2D eigenvalue weighted by Crippen LogP contribution is 2.23. The van der Waals surface area contributed by atoms with Crippen LogP contribution >= 0.6 is 11.6 Å². The van der Waals surface area contributed by atoms with Crippen molar-refractivity contribution in [3.63, 3.8) is 0 Å². The average Bonchev–Trinajstić information content (AvgIpc) is 2.80. The number of amides is 1. The molecule has 1 aliphatic heterocycles. The minimum Gasteiger partial charge on any atom is -0.339 e. The van der Waals surface area contributed by atoms with E-state index in [-0.39, 0.29) is 5.91 Å². The molecule has 1 saturated heterocycles. The van der Waals surface area contributed by atoms with Gasteiger partial charge < -0.3 is 4.90 Å². The average molecular weight is 332 g/mol. The minimum atomic E-state index is 0.129. The summed E-state index contributed by atoms with van der Waals surface area (Å²) in [5, 5.41) is 5.14. The SMILES string of the molecule is Cc1nn(-c2ccc(C(=O)N3CCCCCC3)cc2)c(C)c1Cl. The lowest BCUT2D eigenvalue weighted by molar-refractivity contribution is 0.0761. The van der Waals surface area contributed by atoms with E-state index < -0.39 is 0 Å². The van der Waals surface area contributed by atoms with Crippen LogP contribution in [0.5, 0.6) is 0 Å². The Hall–Kier alpha value is -1.81. The monoisotopic (exact) mass is 331 g/mol. The molecule has 1 amide bonds. The molecule has 1 aromatic carbocycles. The normalized spacial score (nSPS) is 15.5. The molecule has 2 heterocycles. The summed E-state index contributed by atoms with van der Waals surface area (Å²) >= 11 is 6.20. The summed E-state index contributed by atoms with van der Waals surface area (Å²) in [7, 11) is 0. The molecule has 0 saturated carbocycles. The zero-order valence-electron chi connectivity index (χ0n) is 13.7. The van der Waals surface area contributed by atoms with E-state index in [2.05, 4.69) is 5.10 Å². The summed E-state index contributed by atoms with van der Waals surface area (Å²) in [5.74, 6) is 0.129. The van der Waals surface area contributed by atoms with Crippen LogP contribution < -0.4 is 0 Å². The number of halogens is 1. The Morgan fingerprint density at radius 2 is 1.65 bits per heavy atom. The fourth-order valence-corrected chi connectivity index (χ4v) is 3.19. The number of nitrogens with zero attached hydrogens (tertiary/aromatic N) is 3. The number of aromatic nitrogens is 2. The second-order valence-electron chi connectivity index (χ2n) is 6.15. The van der Waals surface area contributed by atoms with Crippen molar-refractivity contribution < 1.29 is 4.79 Å². The number of hydrogen-bond acceptors (Lipinski definition) is 2. The van der Waals surface area contributed by atoms with E-state index in [0.717, 1.165) is 48.6 Å². The number of aryl methyl sites for hydroxylation is 1. The Morgan fingerprint density at radius 3 is 2.17 bits per heavy atom. The first-order valence-corrected chi connectivity index (χ1v) is 8.57. The lowest BCUT2D eigenvalue weighted by Gasteiger charge is -2.20. The van der Waals surface area contributed by atoms with Crippen molar-refractivity contribution in [3.05, 3.63) is 46.2 Å². The summed E-state index contributed by atoms with van der Waals surface area (Å²) in [6.07, 6.45) is 4.66. The maximum Gasteiger partial charge on any atom is 0.253 e. The molecular weight excluding hydrogens is 310 g/mol. The third-order valence-electron chi connectivity index (χ3n) is 4.46. The third kappa shape index (κ3) is 3.27. The summed E-state index contributed by atoms with van der Waals surface area (Å²) in [4.78, 5) is 14.6. The van der Waals surface area contributed by atoms with Crippen LogP contribution in [0.15, 0.2) is 24.3 Å². The number of hydrogen-bond donors (Lipinski definition) is 0. The summed E-state index contributed by atoms with van der Waals surface area (Å²) in [5.41, 5.74) is 3.39. The van der Waals surface area contributed by atoms with Crippen molar-refractivity contribution in [2.75, 3.05) is 13.1 Å². The molecule has 0 spiro atoms. The largest absolute Gasteiger partial charge is 0.339 e. The van der Waals surface area contributed by atoms with Crippen molar-refractivity contribution in [2.24, 2.45) is 0 Å². The van der Waals surface area contributed by atoms with Crippen LogP contribution in [0.25, 0.3) is 5.69 Å². The zero-order chi connectivity index (χ0) is 16.4. The van der Waals surface area contributed by atoms with Gasteiger partial charge in [-0.1, -0.05) is 24.4 Å². The topological polar surface area (TPSA) is 38.1 Å². The molecule has 1 aromatic heterocycles. The van der Waals surface area contributed by atoms with Crippen LogP contribution in [0.3, 0.4) is 0 Å². The van der Waals surface area contributed by atoms with Gasteiger partial charge in [-0.15, -0.1) is 0 Å². The highest BCUT2D eigenvalue weighted by atomic mass is 35.5. The Kier molecular flexibility index (Phi) is 4.71. The van der Waals surface area contributed by atoms with Crippen molar-refractivity contribution in [2.45, 2.75) is 39.5 Å². The molecule has 0 N–H and O–H groups in total. The molecule has 0 unspecified atom stereocenters. The summed E-state index contributed by atoms with van der Waals surface area (Å²) < 4.78 is 1.82. The molecule has 0 radical (unpaired) electrons. The minimum absolute atomic E-state index is 0.129. The van der Waals surface area contributed by atoms with Crippen molar-refractivity contribution in [3.8, 4) is 5.69 Å². The fraction of sp³-hybridized carbons (Fsp3) is 0.444. The quantitative estimate of drug-likeness (QED) is 0.828. The smallest absolute Gasteiger partial charge is 0.253 e. The molecule has 1 aliphatic rings. The predicted molar refractivity (Wildman–Crippen MR) is 92.4 cm³/mol. The van der Waals surface area contributed by atoms with E-state index >= 15 is 0 Å². The van der Waals surface area contributed by atoms with Crippen LogP contribution in [-0.2, 0) is 0 Å². The molecule has 0 aliphatic carbocycles. The maximum atomic E-state index is 12.6. The summed E-state index contributed by atoms with van der Waals surface area (Å²) in [6, 6.07) is 7.63. The third-order valence-corrected chi connectivity index (χ3v) is 5.00. The van der Waals surface area contributed by atoms with Crippen molar-refractivity contribution in [1.29, 1.82) is 0 Å². The van der Waals surface area contributed by atoms with E-state index in [1.54, 1.807) is 0 Å². The first-order valence-electron chi connectivity index (χ1n) is 8.19. The molecule has 23 heavy (non-hydrogen) atoms. The van der Waals surface area contributed by atoms with Gasteiger partial charge in [0, 0.05) is 18.7 Å². The zero-order valence-corrected chi connectivity index (χ0v) is 14.4. The van der Waals surface area contributed by atoms with E-state index in [0.29, 0.717) is 5.02 Å². The van der Waals surface area contributed by atoms with Crippen LogP contribution in [0, 0.1) is 13.8 Å². The van der Waals surface area contributed by atoms with Gasteiger partial charge in [0.05, 0.1) is 22.1 Å². The number of benzene rings is 1. The Labute approximate surface area is 142 Å². The van der Waals surface area contributed by atoms with Crippen LogP contribution in [0.2, 0.25) is 5.02 Å². The van der Waals surface area contributed by atoms with Gasteiger partial charge in [0.2, 0.25) is 0 Å². The van der Waals surface area contributed by atoms with E-state index in [4.69, 9.17) is 11.6 Å². The highest BCUT2D eigenvalue weighted by Gasteiger charge is 2.17. The van der Waals surface area contributed by atoms with E-state index in [9.17, 15) is 4.79 Å². The molecular formula is C18H22ClN3O. The Morgan fingerprint density at radius 1 is 1.04 bits per heavy atom. The second kappa shape index (κ2) is 6.75. The molecule has 1 fully saturated rings. The lowest BCUT2D eigenvalue weighted by Crippen LogP contribution is -2.31. The fourth-order valence-electron chi connectivity index (χ4n) is 3.08. The van der Waals surface area contributed by atoms with Gasteiger partial charge in [0.15, 0.2) is 0 Å². The van der Waals surface area contributed by atoms with Gasteiger partial charge in [0.1, 0.15) is 0 Å². The number of rotatable bonds is 2. The van der Waals surface area contributed by atoms with Gasteiger partial charge in [-0.05, 0) is 51.0 Å². The molecule has 3 rings (SSSR count). The standard InChI is InChI=1S/C18H22ClN3O/c1-13-17(19)14(2)22(20-13)16-9-7-15(8-10-16)18(23)21-11-5-3-4-6-12-21/h7-10H,3-6,11-12H2,1-2H3. The van der Waals surface area contributed by atoms with E-state index in [1.165, 1.54) is 12.8 Å². The van der Waals surface area contributed by atoms with Gasteiger partial charge in [-0.25, -0.2) is 4.68 Å². The number of likely N-dealkylation sites (tertiary alicyclic amines) is 1. The molecule has 4 nitrogen and oxygen atoms in total. The molecule has 5 heteroatoms. The molecule has 122 valence electrons. The van der Waals surface area contributed by atoms with Crippen LogP contribution in [0.4, 0.5) is 0 Å². The first kappa shape index (κ1) is 16.1. The van der Waals surface area contributed by atoms with Crippen molar-refractivity contribution in [1.82, 2.24) is 14.7 Å². The van der Waals surface area contributed by atoms with Gasteiger partial charge in [-0.3, -0.25) is 4.79 Å². The van der Waals surface area contributed by atoms with Gasteiger partial charge in [0.25, 0.3) is 5.91 Å². The Bertz CT molecular complexity index is 698. The van der Waals surface area contributed by atoms with Crippen LogP contribution in [0.1, 0.15) is 47.4 Å². The van der Waals surface area contributed by atoms with Gasteiger partial charge in [-0.2, -0.15) is 5.10 Å². The number of carbonyl (C=O) groups is 1. The first-order chi connectivity index (χ1) is 11.1. The Balaban J connectivity index is 1.81. The maximum absolute atomic E-state index is 12.6. The number of carbonyl (C=O) groups excluding carboxylic acids is 1. The molecule has 0 atom stereocenters. The highest BCUT2D eigenvalue weighted by molar-refractivity contribution is 6.31. The van der Waals surface area contributed by atoms with Gasteiger partial charge >= 0.3 is 0 Å². The molecule has 0 bridgehead atoms. The lowest BCUT2D eigenvalue weighted by atomic mass is 10.1. The second-order valence-corrected chi connectivity index (χ2v) is 6.53. The predicted octanol–water partition coefficient (Wildman–Crippen LogP) is 4.16.